The van der Waals surface area contributed by atoms with Crippen molar-refractivity contribution in [3.63, 3.8) is 0 Å². The number of hydrogen-bond donors (Lipinski definition) is 3. The number of benzene rings is 2. The number of primary amides is 1. The van der Waals surface area contributed by atoms with E-state index in [2.05, 4.69) is 10.3 Å². The first-order valence-electron chi connectivity index (χ1n) is 8.99. The van der Waals surface area contributed by atoms with Crippen LogP contribution in [0.15, 0.2) is 42.5 Å². The number of aromatic nitrogens is 1. The normalized spacial score (nSPS) is 11.2. The number of halogens is 1. The third-order valence-electron chi connectivity index (χ3n) is 4.73. The molecule has 0 atom stereocenters. The predicted octanol–water partition coefficient (Wildman–Crippen LogP) is 3.39. The van der Waals surface area contributed by atoms with Crippen LogP contribution in [0.5, 0.6) is 0 Å². The van der Waals surface area contributed by atoms with E-state index in [1.165, 1.54) is 12.1 Å². The van der Waals surface area contributed by atoms with E-state index in [-0.39, 0.29) is 11.7 Å². The van der Waals surface area contributed by atoms with E-state index < -0.39 is 5.91 Å². The summed E-state index contributed by atoms with van der Waals surface area (Å²) in [7, 11) is 0. The fourth-order valence-corrected chi connectivity index (χ4v) is 3.26. The summed E-state index contributed by atoms with van der Waals surface area (Å²) in [6.07, 6.45) is 3.70. The number of rotatable bonds is 6. The summed E-state index contributed by atoms with van der Waals surface area (Å²) in [5.41, 5.74) is 9.84. The third kappa shape index (κ3) is 4.11. The van der Waals surface area contributed by atoms with Crippen LogP contribution < -0.4 is 11.1 Å². The van der Waals surface area contributed by atoms with E-state index in [9.17, 15) is 14.0 Å². The van der Waals surface area contributed by atoms with Crippen molar-refractivity contribution in [2.24, 2.45) is 5.73 Å². The van der Waals surface area contributed by atoms with Crippen LogP contribution in [-0.4, -0.2) is 23.3 Å². The first kappa shape index (κ1) is 19.4. The Morgan fingerprint density at radius 3 is 2.54 bits per heavy atom. The largest absolute Gasteiger partial charge is 0.366 e. The van der Waals surface area contributed by atoms with Gasteiger partial charge in [-0.3, -0.25) is 9.59 Å². The highest BCUT2D eigenvalue weighted by Gasteiger charge is 2.13. The van der Waals surface area contributed by atoms with Crippen molar-refractivity contribution in [3.05, 3.63) is 76.2 Å². The molecule has 0 aliphatic rings. The second kappa shape index (κ2) is 8.08. The van der Waals surface area contributed by atoms with Crippen molar-refractivity contribution < 1.29 is 14.0 Å². The molecule has 144 valence electrons. The molecule has 0 fully saturated rings. The zero-order valence-corrected chi connectivity index (χ0v) is 15.8. The molecule has 0 aliphatic carbocycles. The SMILES string of the molecule is Cc1[nH]c2c(F)ccc(C)c2c1CCNC(=O)/C=C/c1ccc(C(N)=O)cc1. The lowest BCUT2D eigenvalue weighted by Crippen LogP contribution is -2.23. The molecule has 2 amide bonds. The number of nitrogens with two attached hydrogens (primary N) is 1. The predicted molar refractivity (Wildman–Crippen MR) is 108 cm³/mol. The number of carbonyl (C=O) groups excluding carboxylic acids is 2. The molecule has 0 spiro atoms. The molecule has 1 aromatic heterocycles. The van der Waals surface area contributed by atoms with E-state index >= 15 is 0 Å². The van der Waals surface area contributed by atoms with E-state index in [4.69, 9.17) is 5.73 Å². The van der Waals surface area contributed by atoms with Gasteiger partial charge in [0, 0.05) is 29.3 Å². The van der Waals surface area contributed by atoms with Gasteiger partial charge in [0.2, 0.25) is 11.8 Å². The Kier molecular flexibility index (Phi) is 5.59. The number of nitrogens with one attached hydrogen (secondary N) is 2. The van der Waals surface area contributed by atoms with Crippen molar-refractivity contribution >= 4 is 28.8 Å². The molecule has 3 rings (SSSR count). The molecular formula is C22H22FN3O2. The Hall–Kier alpha value is -3.41. The fraction of sp³-hybridized carbons (Fsp3) is 0.182. The molecule has 28 heavy (non-hydrogen) atoms. The van der Waals surface area contributed by atoms with Gasteiger partial charge >= 0.3 is 0 Å². The third-order valence-corrected chi connectivity index (χ3v) is 4.73. The van der Waals surface area contributed by atoms with Gasteiger partial charge in [-0.25, -0.2) is 4.39 Å². The molecule has 0 bridgehead atoms. The van der Waals surface area contributed by atoms with Gasteiger partial charge in [0.1, 0.15) is 5.82 Å². The summed E-state index contributed by atoms with van der Waals surface area (Å²) in [6, 6.07) is 9.88. The maximum absolute atomic E-state index is 14.0. The van der Waals surface area contributed by atoms with E-state index in [1.807, 2.05) is 13.8 Å². The highest BCUT2D eigenvalue weighted by molar-refractivity contribution is 5.94. The minimum atomic E-state index is -0.490. The monoisotopic (exact) mass is 379 g/mol. The number of fused-ring (bicyclic) bond motifs is 1. The van der Waals surface area contributed by atoms with Gasteiger partial charge in [0.25, 0.3) is 0 Å². The second-order valence-electron chi connectivity index (χ2n) is 6.70. The molecular weight excluding hydrogens is 357 g/mol. The van der Waals surface area contributed by atoms with Gasteiger partial charge in [0.15, 0.2) is 0 Å². The molecule has 0 saturated carbocycles. The van der Waals surface area contributed by atoms with Crippen LogP contribution in [-0.2, 0) is 11.2 Å². The van der Waals surface area contributed by atoms with Crippen molar-refractivity contribution in [1.29, 1.82) is 0 Å². The van der Waals surface area contributed by atoms with Gasteiger partial charge in [0.05, 0.1) is 5.52 Å². The zero-order chi connectivity index (χ0) is 20.3. The summed E-state index contributed by atoms with van der Waals surface area (Å²) in [6.45, 7) is 4.29. The average Bonchev–Trinajstić information content (AvgIpc) is 3.01. The molecule has 3 aromatic rings. The quantitative estimate of drug-likeness (QED) is 0.573. The standard InChI is InChI=1S/C22H22FN3O2/c1-13-3-9-18(23)21-20(13)17(14(2)26-21)11-12-25-19(27)10-6-15-4-7-16(8-5-15)22(24)28/h3-10,26H,11-12H2,1-2H3,(H2,24,28)(H,25,27)/b10-6+. The Morgan fingerprint density at radius 1 is 1.14 bits per heavy atom. The Balaban J connectivity index is 1.61. The number of aryl methyl sites for hydroxylation is 2. The highest BCUT2D eigenvalue weighted by Crippen LogP contribution is 2.27. The van der Waals surface area contributed by atoms with Gasteiger partial charge in [-0.05, 0) is 61.2 Å². The maximum atomic E-state index is 14.0. The summed E-state index contributed by atoms with van der Waals surface area (Å²) >= 11 is 0. The van der Waals surface area contributed by atoms with Gasteiger partial charge in [-0.15, -0.1) is 0 Å². The summed E-state index contributed by atoms with van der Waals surface area (Å²) in [5, 5.41) is 3.73. The lowest BCUT2D eigenvalue weighted by molar-refractivity contribution is -0.116. The first-order valence-corrected chi connectivity index (χ1v) is 8.99. The van der Waals surface area contributed by atoms with Crippen molar-refractivity contribution in [1.82, 2.24) is 10.3 Å². The van der Waals surface area contributed by atoms with Crippen LogP contribution >= 0.6 is 0 Å². The number of carbonyl (C=O) groups is 2. The summed E-state index contributed by atoms with van der Waals surface area (Å²) < 4.78 is 14.0. The fourth-order valence-electron chi connectivity index (χ4n) is 3.26. The molecule has 5 nitrogen and oxygen atoms in total. The summed E-state index contributed by atoms with van der Waals surface area (Å²) in [5.74, 6) is -0.986. The number of aromatic amines is 1. The Bertz CT molecular complexity index is 1070. The second-order valence-corrected chi connectivity index (χ2v) is 6.70. The Morgan fingerprint density at radius 2 is 1.86 bits per heavy atom. The van der Waals surface area contributed by atoms with E-state index in [0.29, 0.717) is 24.0 Å². The smallest absolute Gasteiger partial charge is 0.248 e. The van der Waals surface area contributed by atoms with Crippen molar-refractivity contribution in [3.8, 4) is 0 Å². The molecule has 6 heteroatoms. The van der Waals surface area contributed by atoms with Gasteiger partial charge in [-0.2, -0.15) is 0 Å². The van der Waals surface area contributed by atoms with Crippen LogP contribution in [0.4, 0.5) is 4.39 Å². The van der Waals surface area contributed by atoms with Crippen LogP contribution in [0.25, 0.3) is 17.0 Å². The minimum absolute atomic E-state index is 0.223. The molecule has 4 N–H and O–H groups in total. The minimum Gasteiger partial charge on any atom is -0.366 e. The Labute approximate surface area is 162 Å². The zero-order valence-electron chi connectivity index (χ0n) is 15.8. The van der Waals surface area contributed by atoms with Crippen LogP contribution in [0.1, 0.15) is 32.7 Å². The summed E-state index contributed by atoms with van der Waals surface area (Å²) in [4.78, 5) is 26.2. The molecule has 2 aromatic carbocycles. The molecule has 0 unspecified atom stereocenters. The molecule has 0 aliphatic heterocycles. The van der Waals surface area contributed by atoms with Gasteiger partial charge in [-0.1, -0.05) is 18.2 Å². The van der Waals surface area contributed by atoms with Crippen LogP contribution in [0.2, 0.25) is 0 Å². The van der Waals surface area contributed by atoms with E-state index in [0.717, 1.165) is 27.8 Å². The lowest BCUT2D eigenvalue weighted by Gasteiger charge is -2.05. The number of hydrogen-bond acceptors (Lipinski definition) is 2. The van der Waals surface area contributed by atoms with E-state index in [1.54, 1.807) is 36.4 Å². The van der Waals surface area contributed by atoms with Crippen molar-refractivity contribution in [2.45, 2.75) is 20.3 Å². The number of amides is 2. The van der Waals surface area contributed by atoms with Gasteiger partial charge < -0.3 is 16.0 Å². The van der Waals surface area contributed by atoms with Crippen molar-refractivity contribution in [2.75, 3.05) is 6.54 Å². The van der Waals surface area contributed by atoms with Crippen LogP contribution in [0.3, 0.4) is 0 Å². The lowest BCUT2D eigenvalue weighted by atomic mass is 10.0. The molecule has 1 heterocycles. The first-order chi connectivity index (χ1) is 13.4. The topological polar surface area (TPSA) is 88.0 Å². The number of H-pyrrole nitrogens is 1. The molecule has 0 saturated heterocycles. The average molecular weight is 379 g/mol. The molecule has 0 radical (unpaired) electrons. The highest BCUT2D eigenvalue weighted by atomic mass is 19.1. The van der Waals surface area contributed by atoms with Crippen LogP contribution in [0, 0.1) is 19.7 Å². The maximum Gasteiger partial charge on any atom is 0.248 e.